The first-order valence-electron chi connectivity index (χ1n) is 9.03. The molecule has 2 aromatic carbocycles. The van der Waals surface area contributed by atoms with E-state index in [0.29, 0.717) is 24.2 Å². The number of hydrogen-bond donors (Lipinski definition) is 1. The zero-order valence-corrected chi connectivity index (χ0v) is 15.9. The van der Waals surface area contributed by atoms with Crippen LogP contribution in [0.25, 0.3) is 0 Å². The maximum atomic E-state index is 12.5. The topological polar surface area (TPSA) is 54.0 Å². The molecule has 1 aliphatic rings. The number of quaternary nitrogens is 1. The lowest BCUT2D eigenvalue weighted by molar-refractivity contribution is -0.685. The zero-order chi connectivity index (χ0) is 18.8. The van der Waals surface area contributed by atoms with Gasteiger partial charge in [0.05, 0.1) is 29.1 Å². The molecule has 0 spiro atoms. The number of aryl methyl sites for hydroxylation is 1. The Balaban J connectivity index is 1.47. The summed E-state index contributed by atoms with van der Waals surface area (Å²) in [7, 11) is 0. The van der Waals surface area contributed by atoms with Crippen LogP contribution in [0.4, 0.5) is 0 Å². The first-order chi connectivity index (χ1) is 13.1. The highest BCUT2D eigenvalue weighted by molar-refractivity contribution is 7.10. The van der Waals surface area contributed by atoms with Crippen molar-refractivity contribution in [2.45, 2.75) is 13.0 Å². The lowest BCUT2D eigenvalue weighted by Gasteiger charge is -2.18. The molecule has 0 bridgehead atoms. The number of carbonyl (C=O) groups excluding carboxylic acids is 2. The second kappa shape index (κ2) is 7.47. The van der Waals surface area contributed by atoms with E-state index in [1.807, 2.05) is 0 Å². The Morgan fingerprint density at radius 1 is 0.926 bits per heavy atom. The molecule has 4 rings (SSSR count). The molecule has 1 atom stereocenters. The minimum absolute atomic E-state index is 0.167. The molecular formula is C22H21N2O2S+. The molecule has 0 radical (unpaired) electrons. The van der Waals surface area contributed by atoms with Gasteiger partial charge in [-0.25, -0.2) is 0 Å². The largest absolute Gasteiger partial charge is 0.334 e. The lowest BCUT2D eigenvalue weighted by Crippen LogP contribution is -2.86. The number of thiophene rings is 1. The fraction of sp³-hybridized carbons (Fsp3) is 0.182. The van der Waals surface area contributed by atoms with E-state index < -0.39 is 0 Å². The van der Waals surface area contributed by atoms with Crippen molar-refractivity contribution < 1.29 is 14.9 Å². The van der Waals surface area contributed by atoms with Gasteiger partial charge in [0.25, 0.3) is 11.8 Å². The first-order valence-corrected chi connectivity index (χ1v) is 9.91. The Bertz CT molecular complexity index is 929. The fourth-order valence-corrected chi connectivity index (χ4v) is 4.32. The highest BCUT2D eigenvalue weighted by atomic mass is 32.1. The molecule has 2 amide bonds. The quantitative estimate of drug-likeness (QED) is 0.672. The molecule has 5 heteroatoms. The normalized spacial score (nSPS) is 14.5. The van der Waals surface area contributed by atoms with Crippen molar-refractivity contribution in [3.63, 3.8) is 0 Å². The van der Waals surface area contributed by atoms with Crippen LogP contribution >= 0.6 is 11.3 Å². The number of benzene rings is 2. The Morgan fingerprint density at radius 3 is 2.19 bits per heavy atom. The van der Waals surface area contributed by atoms with Gasteiger partial charge in [0.1, 0.15) is 6.04 Å². The van der Waals surface area contributed by atoms with Gasteiger partial charge in [-0.05, 0) is 30.5 Å². The summed E-state index contributed by atoms with van der Waals surface area (Å²) in [5.74, 6) is -0.376. The third kappa shape index (κ3) is 3.44. The van der Waals surface area contributed by atoms with E-state index in [0.717, 1.165) is 0 Å². The van der Waals surface area contributed by atoms with Crippen molar-refractivity contribution in [3.05, 3.63) is 93.2 Å². The predicted octanol–water partition coefficient (Wildman–Crippen LogP) is 3.01. The van der Waals surface area contributed by atoms with Crippen LogP contribution in [-0.4, -0.2) is 29.8 Å². The van der Waals surface area contributed by atoms with Gasteiger partial charge in [-0.2, -0.15) is 0 Å². The number of nitrogens with two attached hydrogens (primary N) is 1. The number of amides is 2. The van der Waals surface area contributed by atoms with E-state index >= 15 is 0 Å². The van der Waals surface area contributed by atoms with Crippen LogP contribution in [0.1, 0.15) is 42.8 Å². The van der Waals surface area contributed by atoms with Crippen molar-refractivity contribution in [1.82, 2.24) is 4.90 Å². The third-order valence-electron chi connectivity index (χ3n) is 4.92. The van der Waals surface area contributed by atoms with Crippen molar-refractivity contribution in [3.8, 4) is 0 Å². The Labute approximate surface area is 162 Å². The highest BCUT2D eigenvalue weighted by Gasteiger charge is 2.35. The van der Waals surface area contributed by atoms with E-state index in [2.05, 4.69) is 54.0 Å². The van der Waals surface area contributed by atoms with Gasteiger partial charge in [-0.1, -0.05) is 48.0 Å². The van der Waals surface area contributed by atoms with Crippen LogP contribution in [0.5, 0.6) is 0 Å². The number of hydrogen-bond acceptors (Lipinski definition) is 3. The average molecular weight is 377 g/mol. The summed E-state index contributed by atoms with van der Waals surface area (Å²) in [4.78, 5) is 27.7. The molecule has 2 heterocycles. The molecule has 0 unspecified atom stereocenters. The number of imide groups is 1. The van der Waals surface area contributed by atoms with Crippen LogP contribution in [0.2, 0.25) is 0 Å². The summed E-state index contributed by atoms with van der Waals surface area (Å²) >= 11 is 1.72. The van der Waals surface area contributed by atoms with Crippen molar-refractivity contribution in [1.29, 1.82) is 0 Å². The maximum Gasteiger partial charge on any atom is 0.261 e. The molecule has 0 saturated carbocycles. The standard InChI is InChI=1S/C22H20N2O2S/c1-15-8-10-16(11-9-15)20(19-7-4-14-27-19)23-12-13-24-21(25)17-5-2-3-6-18(17)22(24)26/h2-11,14,20,23H,12-13H2,1H3/p+1/t20-/m0/s1. The minimum atomic E-state index is -0.188. The molecule has 3 aromatic rings. The van der Waals surface area contributed by atoms with Crippen LogP contribution in [-0.2, 0) is 0 Å². The van der Waals surface area contributed by atoms with Crippen molar-refractivity contribution in [2.24, 2.45) is 0 Å². The van der Waals surface area contributed by atoms with Gasteiger partial charge >= 0.3 is 0 Å². The average Bonchev–Trinajstić information content (AvgIpc) is 3.29. The van der Waals surface area contributed by atoms with E-state index in [9.17, 15) is 9.59 Å². The smallest absolute Gasteiger partial charge is 0.261 e. The highest BCUT2D eigenvalue weighted by Crippen LogP contribution is 2.24. The Hall–Kier alpha value is -2.76. The van der Waals surface area contributed by atoms with Gasteiger partial charge in [0.2, 0.25) is 0 Å². The number of nitrogens with zero attached hydrogens (tertiary/aromatic N) is 1. The second-order valence-electron chi connectivity index (χ2n) is 6.74. The summed E-state index contributed by atoms with van der Waals surface area (Å²) in [5, 5.41) is 4.29. The summed E-state index contributed by atoms with van der Waals surface area (Å²) < 4.78 is 0. The summed E-state index contributed by atoms with van der Waals surface area (Å²) in [5.41, 5.74) is 3.48. The SMILES string of the molecule is Cc1ccc([C@H]([NH2+]CCN2C(=O)c3ccccc3C2=O)c2cccs2)cc1. The van der Waals surface area contributed by atoms with Gasteiger partial charge < -0.3 is 5.32 Å². The van der Waals surface area contributed by atoms with Crippen molar-refractivity contribution >= 4 is 23.2 Å². The van der Waals surface area contributed by atoms with E-state index in [4.69, 9.17) is 0 Å². The van der Waals surface area contributed by atoms with E-state index in [1.54, 1.807) is 35.6 Å². The second-order valence-corrected chi connectivity index (χ2v) is 7.71. The van der Waals surface area contributed by atoms with Crippen LogP contribution < -0.4 is 5.32 Å². The molecule has 0 aliphatic carbocycles. The minimum Gasteiger partial charge on any atom is -0.334 e. The summed E-state index contributed by atoms with van der Waals surface area (Å²) in [6.45, 7) is 3.14. The number of fused-ring (bicyclic) bond motifs is 1. The molecule has 0 saturated heterocycles. The molecule has 4 nitrogen and oxygen atoms in total. The fourth-order valence-electron chi connectivity index (χ4n) is 3.47. The third-order valence-corrected chi connectivity index (χ3v) is 5.87. The first kappa shape index (κ1) is 17.6. The Kier molecular flexibility index (Phi) is 4.88. The van der Waals surface area contributed by atoms with Crippen molar-refractivity contribution in [2.75, 3.05) is 13.1 Å². The van der Waals surface area contributed by atoms with Crippen LogP contribution in [0, 0.1) is 6.92 Å². The predicted molar refractivity (Wildman–Crippen MR) is 106 cm³/mol. The molecule has 2 N–H and O–H groups in total. The zero-order valence-electron chi connectivity index (χ0n) is 15.1. The van der Waals surface area contributed by atoms with E-state index in [-0.39, 0.29) is 17.9 Å². The Morgan fingerprint density at radius 2 is 1.59 bits per heavy atom. The molecule has 1 aliphatic heterocycles. The molecule has 136 valence electrons. The van der Waals surface area contributed by atoms with Gasteiger partial charge in [0.15, 0.2) is 0 Å². The molecule has 27 heavy (non-hydrogen) atoms. The van der Waals surface area contributed by atoms with Crippen LogP contribution in [0.15, 0.2) is 66.0 Å². The molecule has 1 aromatic heterocycles. The summed E-state index contributed by atoms with van der Waals surface area (Å²) in [6.07, 6.45) is 0. The maximum absolute atomic E-state index is 12.5. The monoisotopic (exact) mass is 377 g/mol. The van der Waals surface area contributed by atoms with Gasteiger partial charge in [-0.3, -0.25) is 14.5 Å². The number of carbonyl (C=O) groups is 2. The van der Waals surface area contributed by atoms with Crippen LogP contribution in [0.3, 0.4) is 0 Å². The number of rotatable bonds is 6. The summed E-state index contributed by atoms with van der Waals surface area (Å²) in [6, 6.07) is 19.9. The lowest BCUT2D eigenvalue weighted by atomic mass is 10.0. The molecular weight excluding hydrogens is 356 g/mol. The van der Waals surface area contributed by atoms with E-state index in [1.165, 1.54) is 20.9 Å². The van der Waals surface area contributed by atoms with Gasteiger partial charge in [0, 0.05) is 5.56 Å². The van der Waals surface area contributed by atoms with Gasteiger partial charge in [-0.15, -0.1) is 11.3 Å². The molecule has 0 fully saturated rings.